The van der Waals surface area contributed by atoms with Crippen molar-refractivity contribution in [1.82, 2.24) is 13.3 Å². The summed E-state index contributed by atoms with van der Waals surface area (Å²) in [6.07, 6.45) is 1.31. The van der Waals surface area contributed by atoms with Gasteiger partial charge in [-0.2, -0.15) is 17.0 Å². The van der Waals surface area contributed by atoms with Crippen LogP contribution in [-0.4, -0.2) is 59.2 Å². The predicted octanol–water partition coefficient (Wildman–Crippen LogP) is 0.545. The third-order valence-corrected chi connectivity index (χ3v) is 8.44. The highest BCUT2D eigenvalue weighted by molar-refractivity contribution is 7.91. The fourth-order valence-corrected chi connectivity index (χ4v) is 5.58. The van der Waals surface area contributed by atoms with Gasteiger partial charge >= 0.3 is 0 Å². The molecular formula is C12H21N3O4S3. The van der Waals surface area contributed by atoms with Crippen LogP contribution in [-0.2, 0) is 20.2 Å². The molecule has 0 aromatic carbocycles. The molecule has 1 aliphatic rings. The second-order valence-corrected chi connectivity index (χ2v) is 10.5. The highest BCUT2D eigenvalue weighted by atomic mass is 32.2. The van der Waals surface area contributed by atoms with Crippen LogP contribution in [0.5, 0.6) is 0 Å². The van der Waals surface area contributed by atoms with Crippen molar-refractivity contribution in [3.05, 3.63) is 17.5 Å². The topological polar surface area (TPSA) is 86.8 Å². The Morgan fingerprint density at radius 2 is 1.91 bits per heavy atom. The van der Waals surface area contributed by atoms with Gasteiger partial charge in [-0.05, 0) is 30.2 Å². The second-order valence-electron chi connectivity index (χ2n) is 5.42. The van der Waals surface area contributed by atoms with E-state index < -0.39 is 20.2 Å². The largest absolute Gasteiger partial charge is 0.281 e. The van der Waals surface area contributed by atoms with Gasteiger partial charge in [0.05, 0.1) is 0 Å². The number of piperidine rings is 1. The molecule has 1 fully saturated rings. The highest BCUT2D eigenvalue weighted by Crippen LogP contribution is 2.21. The van der Waals surface area contributed by atoms with Crippen molar-refractivity contribution < 1.29 is 16.8 Å². The second kappa shape index (κ2) is 6.93. The summed E-state index contributed by atoms with van der Waals surface area (Å²) < 4.78 is 53.6. The molecule has 1 aliphatic heterocycles. The van der Waals surface area contributed by atoms with Crippen LogP contribution in [0.15, 0.2) is 21.7 Å². The molecule has 126 valence electrons. The average molecular weight is 368 g/mol. The van der Waals surface area contributed by atoms with Gasteiger partial charge in [0, 0.05) is 33.7 Å². The lowest BCUT2D eigenvalue weighted by Gasteiger charge is -2.32. The first-order chi connectivity index (χ1) is 10.2. The Morgan fingerprint density at radius 3 is 2.41 bits per heavy atom. The SMILES string of the molecule is CN(C)S(=O)(=O)N1CCC(CNS(=O)(=O)c2cccs2)CC1. The van der Waals surface area contributed by atoms with Gasteiger partial charge in [0.25, 0.3) is 10.2 Å². The third kappa shape index (κ3) is 4.06. The van der Waals surface area contributed by atoms with Crippen LogP contribution in [0.4, 0.5) is 0 Å². The maximum absolute atomic E-state index is 12.0. The van der Waals surface area contributed by atoms with E-state index in [1.165, 1.54) is 34.0 Å². The smallest absolute Gasteiger partial charge is 0.210 e. The first-order valence-corrected chi connectivity index (χ1v) is 10.7. The van der Waals surface area contributed by atoms with Gasteiger partial charge in [-0.1, -0.05) is 6.07 Å². The Hall–Kier alpha value is -0.520. The Kier molecular flexibility index (Phi) is 5.62. The van der Waals surface area contributed by atoms with E-state index in [2.05, 4.69) is 4.72 Å². The Morgan fingerprint density at radius 1 is 1.27 bits per heavy atom. The number of sulfonamides is 1. The van der Waals surface area contributed by atoms with E-state index in [1.54, 1.807) is 17.5 Å². The number of hydrogen-bond acceptors (Lipinski definition) is 5. The molecule has 0 atom stereocenters. The normalized spacial score (nSPS) is 18.9. The van der Waals surface area contributed by atoms with E-state index in [9.17, 15) is 16.8 Å². The zero-order chi connectivity index (χ0) is 16.4. The highest BCUT2D eigenvalue weighted by Gasteiger charge is 2.30. The van der Waals surface area contributed by atoms with E-state index in [1.807, 2.05) is 0 Å². The van der Waals surface area contributed by atoms with Crippen LogP contribution in [0.3, 0.4) is 0 Å². The molecule has 0 bridgehead atoms. The molecule has 2 heterocycles. The van der Waals surface area contributed by atoms with E-state index in [-0.39, 0.29) is 5.92 Å². The fourth-order valence-electron chi connectivity index (χ4n) is 2.29. The van der Waals surface area contributed by atoms with Crippen LogP contribution in [0.1, 0.15) is 12.8 Å². The summed E-state index contributed by atoms with van der Waals surface area (Å²) in [5.41, 5.74) is 0. The van der Waals surface area contributed by atoms with Gasteiger partial charge < -0.3 is 0 Å². The molecule has 1 aromatic rings. The molecule has 1 saturated heterocycles. The number of rotatable bonds is 6. The van der Waals surface area contributed by atoms with Crippen LogP contribution in [0, 0.1) is 5.92 Å². The lowest BCUT2D eigenvalue weighted by molar-refractivity contribution is 0.263. The molecule has 10 heteroatoms. The van der Waals surface area contributed by atoms with E-state index >= 15 is 0 Å². The van der Waals surface area contributed by atoms with E-state index in [4.69, 9.17) is 0 Å². The van der Waals surface area contributed by atoms with Crippen molar-refractivity contribution in [3.8, 4) is 0 Å². The molecule has 0 spiro atoms. The van der Waals surface area contributed by atoms with Gasteiger partial charge in [0.15, 0.2) is 0 Å². The lowest BCUT2D eigenvalue weighted by atomic mass is 9.99. The lowest BCUT2D eigenvalue weighted by Crippen LogP contribution is -2.45. The molecule has 0 radical (unpaired) electrons. The zero-order valence-corrected chi connectivity index (χ0v) is 15.0. The van der Waals surface area contributed by atoms with Gasteiger partial charge in [-0.15, -0.1) is 11.3 Å². The molecular weight excluding hydrogens is 346 g/mol. The molecule has 0 aliphatic carbocycles. The maximum atomic E-state index is 12.0. The van der Waals surface area contributed by atoms with Gasteiger partial charge in [0.1, 0.15) is 4.21 Å². The first-order valence-electron chi connectivity index (χ1n) is 6.94. The Bertz CT molecular complexity index is 675. The number of nitrogens with zero attached hydrogens (tertiary/aromatic N) is 2. The van der Waals surface area contributed by atoms with Crippen LogP contribution in [0.25, 0.3) is 0 Å². The van der Waals surface area contributed by atoms with Gasteiger partial charge in [-0.25, -0.2) is 13.1 Å². The van der Waals surface area contributed by atoms with E-state index in [0.717, 1.165) is 0 Å². The standard InChI is InChI=1S/C12H21N3O4S3/c1-14(2)22(18,19)15-7-5-11(6-8-15)10-13-21(16,17)12-4-3-9-20-12/h3-4,9,11,13H,5-8,10H2,1-2H3. The number of nitrogens with one attached hydrogen (secondary N) is 1. The molecule has 7 nitrogen and oxygen atoms in total. The Labute approximate surface area is 136 Å². The molecule has 0 saturated carbocycles. The summed E-state index contributed by atoms with van der Waals surface area (Å²) in [4.78, 5) is 0. The van der Waals surface area contributed by atoms with Crippen molar-refractivity contribution in [1.29, 1.82) is 0 Å². The van der Waals surface area contributed by atoms with Crippen LogP contribution in [0.2, 0.25) is 0 Å². The molecule has 1 aromatic heterocycles. The van der Waals surface area contributed by atoms with Crippen molar-refractivity contribution in [2.75, 3.05) is 33.7 Å². The van der Waals surface area contributed by atoms with Crippen LogP contribution >= 0.6 is 11.3 Å². The fraction of sp³-hybridized carbons (Fsp3) is 0.667. The van der Waals surface area contributed by atoms with E-state index in [0.29, 0.717) is 36.7 Å². The monoisotopic (exact) mass is 367 g/mol. The van der Waals surface area contributed by atoms with Crippen molar-refractivity contribution >= 4 is 31.6 Å². The van der Waals surface area contributed by atoms with Gasteiger partial charge in [-0.3, -0.25) is 0 Å². The minimum atomic E-state index is -3.44. The maximum Gasteiger partial charge on any atom is 0.281 e. The summed E-state index contributed by atoms with van der Waals surface area (Å²) in [5, 5.41) is 1.72. The van der Waals surface area contributed by atoms with Crippen molar-refractivity contribution in [3.63, 3.8) is 0 Å². The Balaban J connectivity index is 1.86. The van der Waals surface area contributed by atoms with Gasteiger partial charge in [0.2, 0.25) is 10.0 Å². The predicted molar refractivity (Wildman–Crippen MR) is 86.4 cm³/mol. The quantitative estimate of drug-likeness (QED) is 0.795. The number of thiophene rings is 1. The molecule has 0 amide bonds. The first kappa shape index (κ1) is 17.8. The summed E-state index contributed by atoms with van der Waals surface area (Å²) in [7, 11) is -3.79. The zero-order valence-electron chi connectivity index (χ0n) is 12.6. The van der Waals surface area contributed by atoms with Crippen molar-refractivity contribution in [2.45, 2.75) is 17.1 Å². The molecule has 0 unspecified atom stereocenters. The minimum Gasteiger partial charge on any atom is -0.210 e. The summed E-state index contributed by atoms with van der Waals surface area (Å²) in [6, 6.07) is 3.27. The summed E-state index contributed by atoms with van der Waals surface area (Å²) in [5.74, 6) is 0.156. The molecule has 22 heavy (non-hydrogen) atoms. The van der Waals surface area contributed by atoms with Crippen molar-refractivity contribution in [2.24, 2.45) is 5.92 Å². The minimum absolute atomic E-state index is 0.156. The number of hydrogen-bond donors (Lipinski definition) is 1. The average Bonchev–Trinajstić information content (AvgIpc) is 3.00. The molecule has 1 N–H and O–H groups in total. The summed E-state index contributed by atoms with van der Waals surface area (Å²) in [6.45, 7) is 1.19. The van der Waals surface area contributed by atoms with Crippen LogP contribution < -0.4 is 4.72 Å². The summed E-state index contributed by atoms with van der Waals surface area (Å²) >= 11 is 1.18. The molecule has 2 rings (SSSR count). The third-order valence-electron chi connectivity index (χ3n) is 3.68.